The van der Waals surface area contributed by atoms with E-state index in [2.05, 4.69) is 35.2 Å². The summed E-state index contributed by atoms with van der Waals surface area (Å²) >= 11 is 1.19. The number of aliphatic hydroxyl groups excluding tert-OH is 1. The molecule has 5 rings (SSSR count). The first-order chi connectivity index (χ1) is 16.3. The quantitative estimate of drug-likeness (QED) is 0.435. The molecular weight excluding hydrogens is 469 g/mol. The van der Waals surface area contributed by atoms with Gasteiger partial charge in [0, 0.05) is 46.9 Å². The van der Waals surface area contributed by atoms with Crippen LogP contribution >= 0.6 is 11.3 Å². The molecule has 0 aliphatic heterocycles. The molecule has 9 nitrogen and oxygen atoms in total. The summed E-state index contributed by atoms with van der Waals surface area (Å²) < 4.78 is 41.6. The number of hydrogen-bond acceptors (Lipinski definition) is 9. The summed E-state index contributed by atoms with van der Waals surface area (Å²) in [5, 5.41) is 23.2. The number of halogens is 3. The van der Waals surface area contributed by atoms with Crippen LogP contribution in [0.5, 0.6) is 0 Å². The summed E-state index contributed by atoms with van der Waals surface area (Å²) in [6.45, 7) is 1.59. The molecule has 1 aliphatic carbocycles. The SMILES string of the molecule is CC(O)c1nnc(C(=Cn2cnc(-c3cc(C4CC4)nc(C(F)(F)F)c3)n2)c2cncnc2)s1. The van der Waals surface area contributed by atoms with Crippen LogP contribution in [0.15, 0.2) is 37.2 Å². The van der Waals surface area contributed by atoms with Crippen molar-refractivity contribution in [3.63, 3.8) is 0 Å². The molecular formula is C21H17F3N8OS. The van der Waals surface area contributed by atoms with E-state index in [0.29, 0.717) is 26.8 Å². The maximum atomic E-state index is 13.4. The van der Waals surface area contributed by atoms with Crippen molar-refractivity contribution in [1.29, 1.82) is 0 Å². The van der Waals surface area contributed by atoms with E-state index in [4.69, 9.17) is 0 Å². The molecule has 1 N–H and O–H groups in total. The van der Waals surface area contributed by atoms with Gasteiger partial charge in [-0.25, -0.2) is 24.6 Å². The van der Waals surface area contributed by atoms with Crippen LogP contribution in [0.25, 0.3) is 23.2 Å². The molecule has 0 saturated heterocycles. The highest BCUT2D eigenvalue weighted by Crippen LogP contribution is 2.41. The van der Waals surface area contributed by atoms with Crippen molar-refractivity contribution in [3.05, 3.63) is 64.1 Å². The van der Waals surface area contributed by atoms with Crippen LogP contribution in [-0.4, -0.2) is 45.0 Å². The average molecular weight is 486 g/mol. The van der Waals surface area contributed by atoms with Gasteiger partial charge in [-0.3, -0.25) is 0 Å². The number of rotatable bonds is 6. The van der Waals surface area contributed by atoms with Crippen LogP contribution in [-0.2, 0) is 6.18 Å². The molecule has 0 bridgehead atoms. The first kappa shape index (κ1) is 22.2. The molecule has 174 valence electrons. The highest BCUT2D eigenvalue weighted by molar-refractivity contribution is 7.12. The van der Waals surface area contributed by atoms with Crippen molar-refractivity contribution < 1.29 is 18.3 Å². The molecule has 4 heterocycles. The monoisotopic (exact) mass is 486 g/mol. The minimum absolute atomic E-state index is 0.0354. The third-order valence-corrected chi connectivity index (χ3v) is 6.19. The summed E-state index contributed by atoms with van der Waals surface area (Å²) in [6.07, 6.45) is 3.83. The Morgan fingerprint density at radius 1 is 1.21 bits per heavy atom. The topological polar surface area (TPSA) is 115 Å². The Balaban J connectivity index is 1.55. The van der Waals surface area contributed by atoms with E-state index in [1.807, 2.05) is 0 Å². The molecule has 0 radical (unpaired) electrons. The Morgan fingerprint density at radius 2 is 1.97 bits per heavy atom. The van der Waals surface area contributed by atoms with Gasteiger partial charge in [-0.2, -0.15) is 13.2 Å². The van der Waals surface area contributed by atoms with Gasteiger partial charge in [-0.05, 0) is 31.9 Å². The lowest BCUT2D eigenvalue weighted by molar-refractivity contribution is -0.141. The lowest BCUT2D eigenvalue weighted by Crippen LogP contribution is -2.10. The Kier molecular flexibility index (Phi) is 5.65. The molecule has 4 aromatic heterocycles. The lowest BCUT2D eigenvalue weighted by Gasteiger charge is -2.09. The summed E-state index contributed by atoms with van der Waals surface area (Å²) in [5.41, 5.74) is 0.866. The van der Waals surface area contributed by atoms with Gasteiger partial charge in [0.25, 0.3) is 0 Å². The van der Waals surface area contributed by atoms with E-state index in [0.717, 1.165) is 18.9 Å². The van der Waals surface area contributed by atoms with Crippen molar-refractivity contribution in [2.24, 2.45) is 0 Å². The Morgan fingerprint density at radius 3 is 2.62 bits per heavy atom. The zero-order chi connectivity index (χ0) is 23.9. The summed E-state index contributed by atoms with van der Waals surface area (Å²) in [7, 11) is 0. The normalized spacial score (nSPS) is 15.5. The van der Waals surface area contributed by atoms with Crippen molar-refractivity contribution in [1.82, 2.24) is 39.9 Å². The van der Waals surface area contributed by atoms with Crippen LogP contribution < -0.4 is 0 Å². The number of alkyl halides is 3. The van der Waals surface area contributed by atoms with Gasteiger partial charge in [-0.1, -0.05) is 11.3 Å². The fourth-order valence-electron chi connectivity index (χ4n) is 3.22. The minimum Gasteiger partial charge on any atom is -0.386 e. The standard InChI is InChI=1S/C21H17F3N8OS/c1-11(33)19-29-30-20(34-19)15(14-6-25-9-26-7-14)8-32-10-27-18(31-32)13-4-16(12-2-3-12)28-17(5-13)21(22,23)24/h4-12,33H,2-3H2,1H3. The van der Waals surface area contributed by atoms with Gasteiger partial charge in [0.15, 0.2) is 5.82 Å². The van der Waals surface area contributed by atoms with Gasteiger partial charge in [0.1, 0.15) is 34.5 Å². The van der Waals surface area contributed by atoms with E-state index in [9.17, 15) is 18.3 Å². The highest BCUT2D eigenvalue weighted by Gasteiger charge is 2.35. The van der Waals surface area contributed by atoms with Crippen LogP contribution in [0, 0.1) is 0 Å². The number of pyridine rings is 1. The third-order valence-electron chi connectivity index (χ3n) is 5.06. The van der Waals surface area contributed by atoms with Crippen molar-refractivity contribution in [2.75, 3.05) is 0 Å². The molecule has 1 fully saturated rings. The molecule has 0 aromatic carbocycles. The second-order valence-corrected chi connectivity index (χ2v) is 8.79. The number of aliphatic hydroxyl groups is 1. The van der Waals surface area contributed by atoms with Crippen LogP contribution in [0.3, 0.4) is 0 Å². The molecule has 1 aliphatic rings. The van der Waals surface area contributed by atoms with Crippen molar-refractivity contribution in [2.45, 2.75) is 38.0 Å². The summed E-state index contributed by atoms with van der Waals surface area (Å²) in [4.78, 5) is 16.1. The van der Waals surface area contributed by atoms with Gasteiger partial charge in [0.2, 0.25) is 0 Å². The molecule has 0 spiro atoms. The first-order valence-corrected chi connectivity index (χ1v) is 11.1. The predicted molar refractivity (Wildman–Crippen MR) is 116 cm³/mol. The second kappa shape index (κ2) is 8.65. The van der Waals surface area contributed by atoms with E-state index in [-0.39, 0.29) is 17.3 Å². The first-order valence-electron chi connectivity index (χ1n) is 10.3. The zero-order valence-corrected chi connectivity index (χ0v) is 18.5. The molecule has 1 unspecified atom stereocenters. The van der Waals surface area contributed by atoms with Crippen LogP contribution in [0.2, 0.25) is 0 Å². The van der Waals surface area contributed by atoms with E-state index in [1.165, 1.54) is 28.7 Å². The maximum absolute atomic E-state index is 13.4. The van der Waals surface area contributed by atoms with Crippen molar-refractivity contribution >= 4 is 23.1 Å². The highest BCUT2D eigenvalue weighted by atomic mass is 32.1. The van der Waals surface area contributed by atoms with Crippen LogP contribution in [0.1, 0.15) is 58.8 Å². The fraction of sp³-hybridized carbons (Fsp3) is 0.286. The smallest absolute Gasteiger partial charge is 0.386 e. The maximum Gasteiger partial charge on any atom is 0.433 e. The average Bonchev–Trinajstić information content (AvgIpc) is 3.36. The Labute approximate surface area is 195 Å². The molecule has 34 heavy (non-hydrogen) atoms. The Hall–Kier alpha value is -3.58. The molecule has 4 aromatic rings. The zero-order valence-electron chi connectivity index (χ0n) is 17.7. The largest absolute Gasteiger partial charge is 0.433 e. The minimum atomic E-state index is -4.57. The van der Waals surface area contributed by atoms with E-state index >= 15 is 0 Å². The van der Waals surface area contributed by atoms with Gasteiger partial charge in [0.05, 0.1) is 0 Å². The molecule has 13 heteroatoms. The van der Waals surface area contributed by atoms with Gasteiger partial charge < -0.3 is 5.11 Å². The van der Waals surface area contributed by atoms with Gasteiger partial charge >= 0.3 is 6.18 Å². The van der Waals surface area contributed by atoms with E-state index in [1.54, 1.807) is 31.6 Å². The predicted octanol–water partition coefficient (Wildman–Crippen LogP) is 3.98. The second-order valence-electron chi connectivity index (χ2n) is 7.78. The molecule has 1 saturated carbocycles. The van der Waals surface area contributed by atoms with Crippen LogP contribution in [0.4, 0.5) is 13.2 Å². The number of nitrogens with zero attached hydrogens (tertiary/aromatic N) is 8. The van der Waals surface area contributed by atoms with E-state index < -0.39 is 18.0 Å². The van der Waals surface area contributed by atoms with Gasteiger partial charge in [-0.15, -0.1) is 15.3 Å². The van der Waals surface area contributed by atoms with Crippen molar-refractivity contribution in [3.8, 4) is 11.4 Å². The fourth-order valence-corrected chi connectivity index (χ4v) is 4.03. The number of hydrogen-bond donors (Lipinski definition) is 1. The third kappa shape index (κ3) is 4.70. The molecule has 0 amide bonds. The lowest BCUT2D eigenvalue weighted by atomic mass is 10.1. The Bertz CT molecular complexity index is 1350. The summed E-state index contributed by atoms with van der Waals surface area (Å²) in [5.74, 6) is 0.171. The summed E-state index contributed by atoms with van der Waals surface area (Å²) in [6, 6.07) is 2.57. The molecule has 1 atom stereocenters. The number of aromatic nitrogens is 8.